The Morgan fingerprint density at radius 2 is 2.36 bits per heavy atom. The van der Waals surface area contributed by atoms with Crippen molar-refractivity contribution < 1.29 is 9.90 Å². The molecule has 14 heavy (non-hydrogen) atoms. The van der Waals surface area contributed by atoms with Crippen LogP contribution in [0.1, 0.15) is 5.56 Å². The zero-order valence-corrected chi connectivity index (χ0v) is 7.74. The van der Waals surface area contributed by atoms with Crippen molar-refractivity contribution in [3.05, 3.63) is 35.2 Å². The van der Waals surface area contributed by atoms with Crippen LogP contribution < -0.4 is 5.32 Å². The van der Waals surface area contributed by atoms with Crippen LogP contribution in [0.4, 0.5) is 5.69 Å². The van der Waals surface area contributed by atoms with E-state index in [2.05, 4.69) is 10.2 Å². The third kappa shape index (κ3) is 2.49. The van der Waals surface area contributed by atoms with Gasteiger partial charge in [-0.3, -0.25) is 4.79 Å². The summed E-state index contributed by atoms with van der Waals surface area (Å²) in [5.74, 6) is -0.181. The van der Waals surface area contributed by atoms with Crippen molar-refractivity contribution in [2.75, 3.05) is 11.9 Å². The smallest absolute Gasteiger partial charge is 0.304 e. The number of rotatable bonds is 2. The SMILES string of the molecule is [C-]#[N+]CC(=O)Nc1ccc(O)cc1C. The molecule has 0 aliphatic carbocycles. The van der Waals surface area contributed by atoms with E-state index in [0.717, 1.165) is 5.56 Å². The van der Waals surface area contributed by atoms with Crippen LogP contribution in [0, 0.1) is 13.5 Å². The number of carbonyl (C=O) groups is 1. The van der Waals surface area contributed by atoms with Crippen LogP contribution in [-0.2, 0) is 4.79 Å². The lowest BCUT2D eigenvalue weighted by atomic mass is 10.2. The molecule has 72 valence electrons. The number of phenols is 1. The minimum Gasteiger partial charge on any atom is -0.508 e. The molecule has 0 aliphatic heterocycles. The van der Waals surface area contributed by atoms with E-state index < -0.39 is 0 Å². The molecule has 0 heterocycles. The van der Waals surface area contributed by atoms with E-state index in [1.807, 2.05) is 0 Å². The second kappa shape index (κ2) is 4.28. The molecule has 4 heteroatoms. The lowest BCUT2D eigenvalue weighted by molar-refractivity contribution is -0.114. The molecular weight excluding hydrogens is 180 g/mol. The number of nitrogens with one attached hydrogen (secondary N) is 1. The highest BCUT2D eigenvalue weighted by atomic mass is 16.3. The third-order valence-electron chi connectivity index (χ3n) is 1.71. The van der Waals surface area contributed by atoms with Crippen molar-refractivity contribution in [1.82, 2.24) is 0 Å². The molecule has 0 aromatic heterocycles. The van der Waals surface area contributed by atoms with Gasteiger partial charge in [-0.1, -0.05) is 0 Å². The number of aromatic hydroxyl groups is 1. The maximum Gasteiger partial charge on any atom is 0.304 e. The van der Waals surface area contributed by atoms with Crippen LogP contribution >= 0.6 is 0 Å². The lowest BCUT2D eigenvalue weighted by Crippen LogP contribution is -2.14. The van der Waals surface area contributed by atoms with E-state index in [1.54, 1.807) is 19.1 Å². The quantitative estimate of drug-likeness (QED) is 0.549. The van der Waals surface area contributed by atoms with E-state index >= 15 is 0 Å². The fraction of sp³-hybridized carbons (Fsp3) is 0.200. The van der Waals surface area contributed by atoms with E-state index in [9.17, 15) is 4.79 Å². The number of nitrogens with zero attached hydrogens (tertiary/aromatic N) is 1. The molecule has 4 nitrogen and oxygen atoms in total. The van der Waals surface area contributed by atoms with Crippen LogP contribution in [0.2, 0.25) is 0 Å². The first-order valence-corrected chi connectivity index (χ1v) is 4.06. The summed E-state index contributed by atoms with van der Waals surface area (Å²) in [5.41, 5.74) is 1.39. The van der Waals surface area contributed by atoms with E-state index in [0.29, 0.717) is 5.69 Å². The highest BCUT2D eigenvalue weighted by Crippen LogP contribution is 2.19. The summed E-state index contributed by atoms with van der Waals surface area (Å²) in [6.07, 6.45) is 0. The van der Waals surface area contributed by atoms with Gasteiger partial charge in [0.1, 0.15) is 5.75 Å². The first kappa shape index (κ1) is 10.1. The van der Waals surface area contributed by atoms with Gasteiger partial charge in [0, 0.05) is 5.69 Å². The molecular formula is C10H10N2O2. The Morgan fingerprint density at radius 3 is 2.93 bits per heavy atom. The summed E-state index contributed by atoms with van der Waals surface area (Å²) >= 11 is 0. The van der Waals surface area contributed by atoms with Gasteiger partial charge >= 0.3 is 5.91 Å². The van der Waals surface area contributed by atoms with E-state index in [-0.39, 0.29) is 18.2 Å². The third-order valence-corrected chi connectivity index (χ3v) is 1.71. The van der Waals surface area contributed by atoms with Crippen LogP contribution in [-0.4, -0.2) is 17.6 Å². The highest BCUT2D eigenvalue weighted by Gasteiger charge is 2.06. The summed E-state index contributed by atoms with van der Waals surface area (Å²) < 4.78 is 0. The Kier molecular flexibility index (Phi) is 3.08. The number of carbonyl (C=O) groups excluding carboxylic acids is 1. The number of hydrogen-bond acceptors (Lipinski definition) is 2. The molecule has 2 N–H and O–H groups in total. The average Bonchev–Trinajstić information content (AvgIpc) is 2.10. The summed E-state index contributed by atoms with van der Waals surface area (Å²) in [6, 6.07) is 4.64. The van der Waals surface area contributed by atoms with Crippen LogP contribution in [0.5, 0.6) is 5.75 Å². The predicted molar refractivity (Wildman–Crippen MR) is 52.9 cm³/mol. The molecule has 0 saturated heterocycles. The van der Waals surface area contributed by atoms with Crippen molar-refractivity contribution in [2.45, 2.75) is 6.92 Å². The van der Waals surface area contributed by atoms with Crippen LogP contribution in [0.3, 0.4) is 0 Å². The molecule has 0 radical (unpaired) electrons. The first-order chi connectivity index (χ1) is 6.63. The number of hydrogen-bond donors (Lipinski definition) is 2. The summed E-state index contributed by atoms with van der Waals surface area (Å²) in [5, 5.41) is 11.7. The van der Waals surface area contributed by atoms with Gasteiger partial charge in [-0.15, -0.1) is 0 Å². The molecule has 1 amide bonds. The number of amides is 1. The minimum atomic E-state index is -0.339. The van der Waals surface area contributed by atoms with Gasteiger partial charge < -0.3 is 15.3 Å². The molecule has 0 saturated carbocycles. The average molecular weight is 190 g/mol. The molecule has 1 rings (SSSR count). The van der Waals surface area contributed by atoms with Gasteiger partial charge in [0.2, 0.25) is 0 Å². The Labute approximate surface area is 82.0 Å². The topological polar surface area (TPSA) is 53.7 Å². The van der Waals surface area contributed by atoms with E-state index in [1.165, 1.54) is 6.07 Å². The first-order valence-electron chi connectivity index (χ1n) is 4.06. The number of anilines is 1. The summed E-state index contributed by atoms with van der Waals surface area (Å²) in [7, 11) is 0. The molecule has 1 aromatic carbocycles. The normalized spacial score (nSPS) is 9.14. The van der Waals surface area contributed by atoms with Crippen molar-refractivity contribution in [3.63, 3.8) is 0 Å². The van der Waals surface area contributed by atoms with E-state index in [4.69, 9.17) is 11.7 Å². The molecule has 0 fully saturated rings. The lowest BCUT2D eigenvalue weighted by Gasteiger charge is -2.05. The summed E-state index contributed by atoms with van der Waals surface area (Å²) in [6.45, 7) is 8.10. The monoisotopic (exact) mass is 190 g/mol. The van der Waals surface area contributed by atoms with Gasteiger partial charge in [0.05, 0.1) is 0 Å². The van der Waals surface area contributed by atoms with Crippen molar-refractivity contribution in [1.29, 1.82) is 0 Å². The zero-order chi connectivity index (χ0) is 10.6. The Hall–Kier alpha value is -2.02. The second-order valence-electron chi connectivity index (χ2n) is 2.86. The molecule has 1 aromatic rings. The van der Waals surface area contributed by atoms with Crippen molar-refractivity contribution >= 4 is 11.6 Å². The fourth-order valence-electron chi connectivity index (χ4n) is 1.05. The molecule has 0 unspecified atom stereocenters. The van der Waals surface area contributed by atoms with Crippen molar-refractivity contribution in [3.8, 4) is 5.75 Å². The molecule has 0 bridgehead atoms. The largest absolute Gasteiger partial charge is 0.508 e. The molecule has 0 aliphatic rings. The zero-order valence-electron chi connectivity index (χ0n) is 7.74. The van der Waals surface area contributed by atoms with Gasteiger partial charge in [0.15, 0.2) is 0 Å². The standard InChI is InChI=1S/C10H10N2O2/c1-7-5-8(13)3-4-9(7)12-10(14)6-11-2/h3-5,13H,6H2,1H3,(H,12,14). The maximum atomic E-state index is 11.1. The maximum absolute atomic E-state index is 11.1. The second-order valence-corrected chi connectivity index (χ2v) is 2.86. The van der Waals surface area contributed by atoms with Gasteiger partial charge in [0.25, 0.3) is 6.54 Å². The Balaban J connectivity index is 2.78. The van der Waals surface area contributed by atoms with Crippen LogP contribution in [0.25, 0.3) is 4.85 Å². The fourth-order valence-corrected chi connectivity index (χ4v) is 1.05. The molecule has 0 spiro atoms. The van der Waals surface area contributed by atoms with Gasteiger partial charge in [-0.25, -0.2) is 6.57 Å². The summed E-state index contributed by atoms with van der Waals surface area (Å²) in [4.78, 5) is 14.0. The van der Waals surface area contributed by atoms with Crippen molar-refractivity contribution in [2.24, 2.45) is 0 Å². The minimum absolute atomic E-state index is 0.158. The van der Waals surface area contributed by atoms with Gasteiger partial charge in [-0.05, 0) is 30.7 Å². The number of benzene rings is 1. The number of phenolic OH excluding ortho intramolecular Hbond substituents is 1. The predicted octanol–water partition coefficient (Wildman–Crippen LogP) is 1.56. The highest BCUT2D eigenvalue weighted by molar-refractivity contribution is 5.93. The van der Waals surface area contributed by atoms with Crippen LogP contribution in [0.15, 0.2) is 18.2 Å². The Bertz CT molecular complexity index is 394. The van der Waals surface area contributed by atoms with Gasteiger partial charge in [-0.2, -0.15) is 0 Å². The number of aryl methyl sites for hydroxylation is 1. The molecule has 0 atom stereocenters. The Morgan fingerprint density at radius 1 is 1.64 bits per heavy atom.